The summed E-state index contributed by atoms with van der Waals surface area (Å²) < 4.78 is 19.2. The van der Waals surface area contributed by atoms with E-state index in [2.05, 4.69) is 15.9 Å². The van der Waals surface area contributed by atoms with E-state index in [0.29, 0.717) is 5.75 Å². The number of hydrogen-bond acceptors (Lipinski definition) is 2. The molecule has 2 aromatic rings. The Morgan fingerprint density at radius 3 is 2.56 bits per heavy atom. The van der Waals surface area contributed by atoms with Gasteiger partial charge in [0.15, 0.2) is 0 Å². The van der Waals surface area contributed by atoms with Gasteiger partial charge in [-0.2, -0.15) is 0 Å². The summed E-state index contributed by atoms with van der Waals surface area (Å²) in [6.07, 6.45) is -0.735. The van der Waals surface area contributed by atoms with Crippen LogP contribution in [0.2, 0.25) is 0 Å². The van der Waals surface area contributed by atoms with E-state index in [1.165, 1.54) is 12.1 Å². The Kier molecular flexibility index (Phi) is 4.33. The Bertz CT molecular complexity index is 513. The third-order valence-corrected chi connectivity index (χ3v) is 2.99. The Balaban J connectivity index is 1.96. The molecule has 2 rings (SSSR count). The summed E-state index contributed by atoms with van der Waals surface area (Å²) in [5.74, 6) is 0.0526. The van der Waals surface area contributed by atoms with Crippen LogP contribution in [0, 0.1) is 5.82 Å². The van der Waals surface area contributed by atoms with Crippen molar-refractivity contribution in [2.45, 2.75) is 6.10 Å². The standard InChI is InChI=1S/C14H12BrFO2/c15-11-6-4-10(5-7-11)14(17)9-18-13-3-1-2-12(16)8-13/h1-8,14,17H,9H2. The minimum absolute atomic E-state index is 0.0884. The largest absolute Gasteiger partial charge is 0.490 e. The van der Waals surface area contributed by atoms with Gasteiger partial charge in [-0.15, -0.1) is 0 Å². The zero-order valence-electron chi connectivity index (χ0n) is 9.51. The van der Waals surface area contributed by atoms with E-state index in [4.69, 9.17) is 4.74 Å². The third kappa shape index (κ3) is 3.55. The number of aliphatic hydroxyl groups excluding tert-OH is 1. The van der Waals surface area contributed by atoms with Crippen LogP contribution in [0.15, 0.2) is 53.0 Å². The van der Waals surface area contributed by atoms with Gasteiger partial charge in [0.2, 0.25) is 0 Å². The van der Waals surface area contributed by atoms with Gasteiger partial charge in [-0.05, 0) is 29.8 Å². The summed E-state index contributed by atoms with van der Waals surface area (Å²) in [6, 6.07) is 13.2. The predicted molar refractivity (Wildman–Crippen MR) is 71.0 cm³/mol. The van der Waals surface area contributed by atoms with Crippen molar-refractivity contribution >= 4 is 15.9 Å². The zero-order valence-corrected chi connectivity index (χ0v) is 11.1. The number of benzene rings is 2. The summed E-state index contributed by atoms with van der Waals surface area (Å²) in [4.78, 5) is 0. The highest BCUT2D eigenvalue weighted by molar-refractivity contribution is 9.10. The van der Waals surface area contributed by atoms with E-state index in [0.717, 1.165) is 10.0 Å². The lowest BCUT2D eigenvalue weighted by molar-refractivity contribution is 0.108. The zero-order chi connectivity index (χ0) is 13.0. The van der Waals surface area contributed by atoms with Gasteiger partial charge in [-0.3, -0.25) is 0 Å². The molecule has 0 radical (unpaired) electrons. The molecule has 0 bridgehead atoms. The maximum absolute atomic E-state index is 12.9. The Morgan fingerprint density at radius 1 is 1.17 bits per heavy atom. The van der Waals surface area contributed by atoms with E-state index < -0.39 is 6.10 Å². The van der Waals surface area contributed by atoms with E-state index in [1.54, 1.807) is 12.1 Å². The van der Waals surface area contributed by atoms with E-state index in [1.807, 2.05) is 24.3 Å². The monoisotopic (exact) mass is 310 g/mol. The maximum Gasteiger partial charge on any atom is 0.126 e. The molecular formula is C14H12BrFO2. The van der Waals surface area contributed by atoms with Gasteiger partial charge in [0, 0.05) is 10.5 Å². The van der Waals surface area contributed by atoms with Crippen molar-refractivity contribution in [2.75, 3.05) is 6.61 Å². The molecule has 0 saturated heterocycles. The Morgan fingerprint density at radius 2 is 1.89 bits per heavy atom. The molecule has 0 amide bonds. The molecule has 0 aliphatic heterocycles. The molecule has 0 aromatic heterocycles. The first kappa shape index (κ1) is 13.1. The van der Waals surface area contributed by atoms with Crippen molar-refractivity contribution in [3.05, 3.63) is 64.4 Å². The molecule has 18 heavy (non-hydrogen) atoms. The van der Waals surface area contributed by atoms with Gasteiger partial charge < -0.3 is 9.84 Å². The van der Waals surface area contributed by atoms with Crippen molar-refractivity contribution in [1.82, 2.24) is 0 Å². The first-order chi connectivity index (χ1) is 8.65. The van der Waals surface area contributed by atoms with Crippen LogP contribution >= 0.6 is 15.9 Å². The van der Waals surface area contributed by atoms with Gasteiger partial charge in [-0.25, -0.2) is 4.39 Å². The van der Waals surface area contributed by atoms with Crippen LogP contribution in [0.5, 0.6) is 5.75 Å². The highest BCUT2D eigenvalue weighted by Gasteiger charge is 2.08. The Hall–Kier alpha value is -1.39. The average molecular weight is 311 g/mol. The highest BCUT2D eigenvalue weighted by Crippen LogP contribution is 2.19. The van der Waals surface area contributed by atoms with Crippen LogP contribution in [0.3, 0.4) is 0 Å². The molecule has 0 heterocycles. The minimum Gasteiger partial charge on any atom is -0.490 e. The molecule has 1 unspecified atom stereocenters. The maximum atomic E-state index is 12.9. The smallest absolute Gasteiger partial charge is 0.126 e. The molecule has 4 heteroatoms. The molecule has 94 valence electrons. The minimum atomic E-state index is -0.735. The fourth-order valence-corrected chi connectivity index (χ4v) is 1.78. The van der Waals surface area contributed by atoms with Crippen LogP contribution in [-0.4, -0.2) is 11.7 Å². The molecule has 0 saturated carbocycles. The summed E-state index contributed by atoms with van der Waals surface area (Å²) in [5.41, 5.74) is 0.759. The van der Waals surface area contributed by atoms with E-state index in [-0.39, 0.29) is 12.4 Å². The molecule has 0 fully saturated rings. The second-order valence-corrected chi connectivity index (χ2v) is 4.75. The van der Waals surface area contributed by atoms with Crippen molar-refractivity contribution in [1.29, 1.82) is 0 Å². The molecule has 0 aliphatic rings. The summed E-state index contributed by atoms with van der Waals surface area (Å²) >= 11 is 3.32. The van der Waals surface area contributed by atoms with Gasteiger partial charge in [-0.1, -0.05) is 34.1 Å². The van der Waals surface area contributed by atoms with Crippen molar-refractivity contribution in [3.8, 4) is 5.75 Å². The summed E-state index contributed by atoms with van der Waals surface area (Å²) in [6.45, 7) is 0.0884. The molecule has 1 atom stereocenters. The van der Waals surface area contributed by atoms with Crippen molar-refractivity contribution < 1.29 is 14.2 Å². The fourth-order valence-electron chi connectivity index (χ4n) is 1.51. The van der Waals surface area contributed by atoms with Crippen LogP contribution < -0.4 is 4.74 Å². The van der Waals surface area contributed by atoms with Crippen LogP contribution in [0.25, 0.3) is 0 Å². The fraction of sp³-hybridized carbons (Fsp3) is 0.143. The molecule has 0 spiro atoms. The van der Waals surface area contributed by atoms with Gasteiger partial charge >= 0.3 is 0 Å². The summed E-state index contributed by atoms with van der Waals surface area (Å²) in [5, 5.41) is 9.91. The van der Waals surface area contributed by atoms with Crippen LogP contribution in [0.4, 0.5) is 4.39 Å². The van der Waals surface area contributed by atoms with Gasteiger partial charge in [0.1, 0.15) is 24.3 Å². The van der Waals surface area contributed by atoms with Crippen molar-refractivity contribution in [3.63, 3.8) is 0 Å². The third-order valence-electron chi connectivity index (χ3n) is 2.46. The van der Waals surface area contributed by atoms with Gasteiger partial charge in [0.25, 0.3) is 0 Å². The van der Waals surface area contributed by atoms with Gasteiger partial charge in [0.05, 0.1) is 0 Å². The first-order valence-corrected chi connectivity index (χ1v) is 6.26. The molecule has 1 N–H and O–H groups in total. The molecular weight excluding hydrogens is 299 g/mol. The lowest BCUT2D eigenvalue weighted by Crippen LogP contribution is -2.09. The lowest BCUT2D eigenvalue weighted by Gasteiger charge is -2.12. The second kappa shape index (κ2) is 5.98. The predicted octanol–water partition coefficient (Wildman–Crippen LogP) is 3.70. The summed E-state index contributed by atoms with van der Waals surface area (Å²) in [7, 11) is 0. The number of halogens is 2. The lowest BCUT2D eigenvalue weighted by atomic mass is 10.1. The quantitative estimate of drug-likeness (QED) is 0.933. The second-order valence-electron chi connectivity index (χ2n) is 3.84. The van der Waals surface area contributed by atoms with E-state index in [9.17, 15) is 9.50 Å². The first-order valence-electron chi connectivity index (χ1n) is 5.47. The topological polar surface area (TPSA) is 29.5 Å². The number of ether oxygens (including phenoxy) is 1. The highest BCUT2D eigenvalue weighted by atomic mass is 79.9. The van der Waals surface area contributed by atoms with Crippen LogP contribution in [-0.2, 0) is 0 Å². The van der Waals surface area contributed by atoms with Crippen molar-refractivity contribution in [2.24, 2.45) is 0 Å². The van der Waals surface area contributed by atoms with E-state index >= 15 is 0 Å². The SMILES string of the molecule is OC(COc1cccc(F)c1)c1ccc(Br)cc1. The number of rotatable bonds is 4. The number of aliphatic hydroxyl groups is 1. The molecule has 2 nitrogen and oxygen atoms in total. The number of hydrogen-bond donors (Lipinski definition) is 1. The Labute approximate surface area is 113 Å². The molecule has 2 aromatic carbocycles. The normalized spacial score (nSPS) is 12.2. The van der Waals surface area contributed by atoms with Crippen LogP contribution in [0.1, 0.15) is 11.7 Å². The molecule has 0 aliphatic carbocycles. The average Bonchev–Trinajstić information content (AvgIpc) is 2.37.